The molecule has 0 aromatic heterocycles. The summed E-state index contributed by atoms with van der Waals surface area (Å²) < 4.78 is 111. The zero-order chi connectivity index (χ0) is 19.6. The highest BCUT2D eigenvalue weighted by Gasteiger charge is 2.30. The summed E-state index contributed by atoms with van der Waals surface area (Å²) in [6.45, 7) is -4.00. The maximum atomic E-state index is 12.2. The molecule has 0 saturated heterocycles. The van der Waals surface area contributed by atoms with Crippen LogP contribution in [0.15, 0.2) is 18.1 Å². The predicted molar refractivity (Wildman–Crippen MR) is 56.5 cm³/mol. The van der Waals surface area contributed by atoms with Crippen LogP contribution in [0.4, 0.5) is 26.3 Å². The van der Waals surface area contributed by atoms with Crippen LogP contribution in [-0.4, -0.2) is 36.6 Å². The average Bonchev–Trinajstić information content (AvgIpc) is 2.46. The minimum Gasteiger partial charge on any atom is -0.484 e. The van der Waals surface area contributed by atoms with Crippen molar-refractivity contribution < 1.29 is 49.8 Å². The summed E-state index contributed by atoms with van der Waals surface area (Å²) in [6.07, 6.45) is -9.80. The fourth-order valence-electron chi connectivity index (χ4n) is 1.01. The predicted octanol–water partition coefficient (Wildman–Crippen LogP) is 3.27. The highest BCUT2D eigenvalue weighted by molar-refractivity contribution is 5.91. The number of carboxylic acids is 1. The Bertz CT molecular complexity index is 662. The summed E-state index contributed by atoms with van der Waals surface area (Å²) in [5.74, 6) is -4.20. The maximum absolute atomic E-state index is 12.2. The van der Waals surface area contributed by atoms with E-state index in [-0.39, 0.29) is 0 Å². The number of halogens is 6. The fraction of sp³-hybridized carbons (Fsp3) is 0.364. The molecule has 0 aliphatic carbocycles. The van der Waals surface area contributed by atoms with E-state index in [1.54, 1.807) is 0 Å². The number of ether oxygens (including phenoxy) is 2. The molecule has 0 radical (unpaired) electrons. The Labute approximate surface area is 119 Å². The second kappa shape index (κ2) is 6.10. The standard InChI is InChI=1S/C11H8F6O4/c12-10(13,14)4-20-6-1-2-8(7(3-6)9(18)19)21-5-11(15,16)17/h1-3H,4-5H2,(H,18,19)/i1D,2D,3D/hD. The van der Waals surface area contributed by atoms with Crippen LogP contribution in [0.1, 0.15) is 14.5 Å². The lowest BCUT2D eigenvalue weighted by atomic mass is 10.2. The van der Waals surface area contributed by atoms with E-state index in [9.17, 15) is 31.1 Å². The van der Waals surface area contributed by atoms with E-state index >= 15 is 0 Å². The Balaban J connectivity index is 3.45. The largest absolute Gasteiger partial charge is 0.484 e. The number of hydrogen-bond acceptors (Lipinski definition) is 4. The normalized spacial score (nSPS) is 14.6. The molecule has 0 fully saturated rings. The molecular weight excluding hydrogens is 310 g/mol. The Morgan fingerprint density at radius 3 is 2.24 bits per heavy atom. The van der Waals surface area contributed by atoms with Gasteiger partial charge in [0.25, 0.3) is 1.43 Å². The Hall–Kier alpha value is -2.13. The van der Waals surface area contributed by atoms with Crippen molar-refractivity contribution in [3.63, 3.8) is 0 Å². The minimum absolute atomic E-state index is 1.19. The van der Waals surface area contributed by atoms with Crippen LogP contribution >= 0.6 is 0 Å². The first-order chi connectivity index (χ1) is 11.3. The van der Waals surface area contributed by atoms with Gasteiger partial charge >= 0.3 is 18.3 Å². The lowest BCUT2D eigenvalue weighted by Gasteiger charge is -2.13. The van der Waals surface area contributed by atoms with Gasteiger partial charge in [-0.15, -0.1) is 0 Å². The van der Waals surface area contributed by atoms with Gasteiger partial charge in [0.1, 0.15) is 17.1 Å². The smallest absolute Gasteiger partial charge is 0.422 e. The van der Waals surface area contributed by atoms with Gasteiger partial charge in [-0.05, 0) is 18.1 Å². The van der Waals surface area contributed by atoms with Crippen molar-refractivity contribution >= 4 is 5.97 Å². The molecule has 1 aromatic rings. The molecule has 1 N–H and O–H groups in total. The molecule has 1 rings (SSSR count). The molecular formula is C11H8F6O4. The molecule has 21 heavy (non-hydrogen) atoms. The van der Waals surface area contributed by atoms with Crippen molar-refractivity contribution in [2.75, 3.05) is 13.2 Å². The molecule has 1 aromatic carbocycles. The zero-order valence-corrected chi connectivity index (χ0v) is 9.81. The first-order valence-corrected chi connectivity index (χ1v) is 4.98. The molecule has 0 unspecified atom stereocenters. The first kappa shape index (κ1) is 11.5. The molecule has 0 amide bonds. The van der Waals surface area contributed by atoms with E-state index in [4.69, 9.17) is 5.54 Å². The maximum Gasteiger partial charge on any atom is 0.422 e. The summed E-state index contributed by atoms with van der Waals surface area (Å²) in [7, 11) is 0. The molecule has 0 saturated carbocycles. The molecule has 0 aliphatic heterocycles. The summed E-state index contributed by atoms with van der Waals surface area (Å²) >= 11 is 0. The summed E-state index contributed by atoms with van der Waals surface area (Å²) in [4.78, 5) is 11.5. The summed E-state index contributed by atoms with van der Waals surface area (Å²) in [6, 6.07) is -3.72. The van der Waals surface area contributed by atoms with Gasteiger partial charge in [-0.1, -0.05) is 0 Å². The van der Waals surface area contributed by atoms with E-state index in [0.29, 0.717) is 0 Å². The number of carbonyl (C=O) groups is 1. The van der Waals surface area contributed by atoms with Gasteiger partial charge in [-0.25, -0.2) is 4.79 Å². The van der Waals surface area contributed by atoms with Gasteiger partial charge in [0.05, 0.1) is 4.11 Å². The third kappa shape index (κ3) is 6.23. The average molecular weight is 322 g/mol. The molecule has 0 heterocycles. The van der Waals surface area contributed by atoms with Crippen molar-refractivity contribution in [1.29, 1.82) is 1.43 Å². The third-order valence-corrected chi connectivity index (χ3v) is 1.72. The van der Waals surface area contributed by atoms with Crippen LogP contribution in [-0.2, 0) is 0 Å². The van der Waals surface area contributed by atoms with Crippen molar-refractivity contribution in [3.8, 4) is 11.5 Å². The minimum atomic E-state index is -4.91. The number of aromatic carboxylic acids is 1. The molecule has 10 heteroatoms. The van der Waals surface area contributed by atoms with Gasteiger partial charge in [0, 0.05) is 0 Å². The van der Waals surface area contributed by atoms with Gasteiger partial charge in [-0.3, -0.25) is 0 Å². The van der Waals surface area contributed by atoms with Gasteiger partial charge in [-0.2, -0.15) is 26.3 Å². The van der Waals surface area contributed by atoms with E-state index in [0.717, 1.165) is 0 Å². The van der Waals surface area contributed by atoms with Crippen LogP contribution in [0.25, 0.3) is 1.43 Å². The second-order valence-electron chi connectivity index (χ2n) is 3.50. The molecule has 118 valence electrons. The van der Waals surface area contributed by atoms with Crippen LogP contribution in [0.2, 0.25) is 0 Å². The van der Waals surface area contributed by atoms with Gasteiger partial charge in [0.15, 0.2) is 13.2 Å². The first-order valence-electron chi connectivity index (χ1n) is 6.89. The quantitative estimate of drug-likeness (QED) is 0.846. The Morgan fingerprint density at radius 1 is 1.14 bits per heavy atom. The fourth-order valence-corrected chi connectivity index (χ4v) is 1.01. The van der Waals surface area contributed by atoms with Crippen molar-refractivity contribution in [3.05, 3.63) is 23.7 Å². The highest BCUT2D eigenvalue weighted by atomic mass is 19.4. The van der Waals surface area contributed by atoms with E-state index in [2.05, 4.69) is 14.6 Å². The van der Waals surface area contributed by atoms with Crippen molar-refractivity contribution in [2.24, 2.45) is 0 Å². The van der Waals surface area contributed by atoms with Crippen LogP contribution in [0, 0.1) is 0 Å². The number of carboxylic acid groups (broad SMARTS) is 1. The molecule has 0 aliphatic rings. The number of hydrogen-bond donors (Lipinski definition) is 1. The van der Waals surface area contributed by atoms with Crippen LogP contribution in [0.5, 0.6) is 11.5 Å². The van der Waals surface area contributed by atoms with Crippen molar-refractivity contribution in [2.45, 2.75) is 12.4 Å². The molecule has 0 spiro atoms. The van der Waals surface area contributed by atoms with Gasteiger partial charge < -0.3 is 14.6 Å². The number of benzene rings is 1. The Kier molecular flexibility index (Phi) is 3.35. The van der Waals surface area contributed by atoms with E-state index in [1.807, 2.05) is 0 Å². The lowest BCUT2D eigenvalue weighted by Crippen LogP contribution is -2.21. The summed E-state index contributed by atoms with van der Waals surface area (Å²) in [5.41, 5.74) is -1.24. The van der Waals surface area contributed by atoms with Crippen molar-refractivity contribution in [1.82, 2.24) is 0 Å². The van der Waals surface area contributed by atoms with Gasteiger partial charge in [0.2, 0.25) is 0 Å². The molecule has 4 nitrogen and oxygen atoms in total. The highest BCUT2D eigenvalue weighted by Crippen LogP contribution is 2.27. The topological polar surface area (TPSA) is 55.8 Å². The number of alkyl halides is 6. The number of rotatable bonds is 5. The van der Waals surface area contributed by atoms with Crippen LogP contribution < -0.4 is 9.47 Å². The lowest BCUT2D eigenvalue weighted by molar-refractivity contribution is -0.154. The van der Waals surface area contributed by atoms with E-state index in [1.165, 1.54) is 0 Å². The van der Waals surface area contributed by atoms with Crippen LogP contribution in [0.3, 0.4) is 0 Å². The third-order valence-electron chi connectivity index (χ3n) is 1.72. The summed E-state index contributed by atoms with van der Waals surface area (Å²) in [5, 5.41) is 3.49. The molecule has 0 atom stereocenters. The Morgan fingerprint density at radius 2 is 1.71 bits per heavy atom. The molecule has 0 bridgehead atoms. The van der Waals surface area contributed by atoms with E-state index < -0.39 is 66.7 Å². The second-order valence-corrected chi connectivity index (χ2v) is 3.50. The monoisotopic (exact) mass is 322 g/mol. The zero-order valence-electron chi connectivity index (χ0n) is 13.8. The SMILES string of the molecule is [2H]OC(=O)c1c([2H])c(OCC(F)(F)F)c([2H])c([2H])c1OCC(F)(F)F.